The van der Waals surface area contributed by atoms with Crippen molar-refractivity contribution >= 4 is 17.9 Å². The maximum atomic E-state index is 13.7. The molecule has 104 valence electrons. The maximum absolute atomic E-state index is 13.7. The van der Waals surface area contributed by atoms with Gasteiger partial charge in [0.15, 0.2) is 6.29 Å². The van der Waals surface area contributed by atoms with E-state index in [1.807, 2.05) is 0 Å². The lowest BCUT2D eigenvalue weighted by molar-refractivity contribution is -0.137. The van der Waals surface area contributed by atoms with E-state index in [9.17, 15) is 22.4 Å². The van der Waals surface area contributed by atoms with Gasteiger partial charge in [-0.1, -0.05) is 17.7 Å². The predicted molar refractivity (Wildman–Crippen MR) is 67.2 cm³/mol. The van der Waals surface area contributed by atoms with Gasteiger partial charge in [0.1, 0.15) is 5.82 Å². The van der Waals surface area contributed by atoms with E-state index < -0.39 is 23.1 Å². The molecule has 6 heteroatoms. The van der Waals surface area contributed by atoms with Crippen molar-refractivity contribution in [3.63, 3.8) is 0 Å². The lowest BCUT2D eigenvalue weighted by atomic mass is 9.99. The number of benzene rings is 2. The van der Waals surface area contributed by atoms with Crippen LogP contribution >= 0.6 is 11.6 Å². The van der Waals surface area contributed by atoms with Crippen LogP contribution < -0.4 is 0 Å². The summed E-state index contributed by atoms with van der Waals surface area (Å²) < 4.78 is 51.7. The van der Waals surface area contributed by atoms with Crippen molar-refractivity contribution in [2.45, 2.75) is 6.18 Å². The van der Waals surface area contributed by atoms with Crippen LogP contribution in [0, 0.1) is 5.82 Å². The first-order valence-corrected chi connectivity index (χ1v) is 5.82. The molecule has 0 aliphatic carbocycles. The van der Waals surface area contributed by atoms with Gasteiger partial charge in [-0.15, -0.1) is 0 Å². The predicted octanol–water partition coefficient (Wildman–Crippen LogP) is 4.98. The van der Waals surface area contributed by atoms with Crippen LogP contribution in [-0.4, -0.2) is 6.29 Å². The molecule has 20 heavy (non-hydrogen) atoms. The van der Waals surface area contributed by atoms with Gasteiger partial charge in [-0.2, -0.15) is 13.2 Å². The van der Waals surface area contributed by atoms with Crippen molar-refractivity contribution < 1.29 is 22.4 Å². The van der Waals surface area contributed by atoms with Gasteiger partial charge in [0.25, 0.3) is 0 Å². The molecule has 0 atom stereocenters. The molecule has 0 aromatic heterocycles. The first kappa shape index (κ1) is 14.5. The number of aldehydes is 1. The van der Waals surface area contributed by atoms with Crippen LogP contribution in [0.2, 0.25) is 5.02 Å². The van der Waals surface area contributed by atoms with E-state index in [4.69, 9.17) is 11.6 Å². The van der Waals surface area contributed by atoms with Gasteiger partial charge in [-0.3, -0.25) is 4.79 Å². The van der Waals surface area contributed by atoms with Gasteiger partial charge < -0.3 is 0 Å². The second kappa shape index (κ2) is 5.25. The molecule has 0 saturated carbocycles. The Morgan fingerprint density at radius 1 is 1.05 bits per heavy atom. The van der Waals surface area contributed by atoms with Crippen LogP contribution in [0.4, 0.5) is 17.6 Å². The van der Waals surface area contributed by atoms with Gasteiger partial charge in [0.05, 0.1) is 5.56 Å². The summed E-state index contributed by atoms with van der Waals surface area (Å²) in [5, 5.41) is 0.175. The van der Waals surface area contributed by atoms with Crippen molar-refractivity contribution in [3.05, 3.63) is 58.4 Å². The Kier molecular flexibility index (Phi) is 3.81. The van der Waals surface area contributed by atoms with Crippen molar-refractivity contribution in [1.29, 1.82) is 0 Å². The quantitative estimate of drug-likeness (QED) is 0.565. The number of hydrogen-bond acceptors (Lipinski definition) is 1. The van der Waals surface area contributed by atoms with E-state index >= 15 is 0 Å². The van der Waals surface area contributed by atoms with Crippen LogP contribution in [0.15, 0.2) is 36.4 Å². The molecular weight excluding hydrogens is 296 g/mol. The topological polar surface area (TPSA) is 17.1 Å². The van der Waals surface area contributed by atoms with E-state index in [-0.39, 0.29) is 22.4 Å². The zero-order valence-electron chi connectivity index (χ0n) is 9.84. The molecule has 0 heterocycles. The molecule has 0 radical (unpaired) electrons. The maximum Gasteiger partial charge on any atom is 0.417 e. The fourth-order valence-electron chi connectivity index (χ4n) is 1.81. The van der Waals surface area contributed by atoms with Gasteiger partial charge in [0.2, 0.25) is 0 Å². The van der Waals surface area contributed by atoms with Gasteiger partial charge >= 0.3 is 6.18 Å². The average molecular weight is 303 g/mol. The number of carbonyl (C=O) groups excluding carboxylic acids is 1. The monoisotopic (exact) mass is 302 g/mol. The van der Waals surface area contributed by atoms with Crippen molar-refractivity contribution in [2.24, 2.45) is 0 Å². The van der Waals surface area contributed by atoms with Crippen molar-refractivity contribution in [2.75, 3.05) is 0 Å². The molecule has 0 unspecified atom stereocenters. The molecule has 0 bridgehead atoms. The third-order valence-corrected chi connectivity index (χ3v) is 2.96. The Morgan fingerprint density at radius 2 is 1.75 bits per heavy atom. The lowest BCUT2D eigenvalue weighted by Crippen LogP contribution is -2.08. The molecular formula is C14H7ClF4O. The summed E-state index contributed by atoms with van der Waals surface area (Å²) >= 11 is 5.60. The van der Waals surface area contributed by atoms with E-state index in [0.717, 1.165) is 24.3 Å². The molecule has 0 spiro atoms. The number of alkyl halides is 3. The largest absolute Gasteiger partial charge is 0.417 e. The van der Waals surface area contributed by atoms with E-state index in [1.165, 1.54) is 12.1 Å². The number of hydrogen-bond donors (Lipinski definition) is 0. The van der Waals surface area contributed by atoms with Crippen LogP contribution in [0.25, 0.3) is 11.1 Å². The molecule has 1 nitrogen and oxygen atoms in total. The molecule has 0 amide bonds. The summed E-state index contributed by atoms with van der Waals surface area (Å²) in [6.45, 7) is 0. The highest BCUT2D eigenvalue weighted by atomic mass is 35.5. The van der Waals surface area contributed by atoms with Crippen molar-refractivity contribution in [3.8, 4) is 11.1 Å². The summed E-state index contributed by atoms with van der Waals surface area (Å²) in [6, 6.07) is 6.68. The van der Waals surface area contributed by atoms with Crippen LogP contribution in [0.1, 0.15) is 15.9 Å². The lowest BCUT2D eigenvalue weighted by Gasteiger charge is -2.11. The minimum Gasteiger partial charge on any atom is -0.298 e. The molecule has 0 aliphatic heterocycles. The summed E-state index contributed by atoms with van der Waals surface area (Å²) in [5.41, 5.74) is -1.34. The van der Waals surface area contributed by atoms with E-state index in [1.54, 1.807) is 0 Å². The Balaban J connectivity index is 2.57. The zero-order chi connectivity index (χ0) is 14.9. The Labute approximate surface area is 116 Å². The smallest absolute Gasteiger partial charge is 0.298 e. The Bertz CT molecular complexity index is 665. The fourth-order valence-corrected chi connectivity index (χ4v) is 1.97. The van der Waals surface area contributed by atoms with Crippen molar-refractivity contribution in [1.82, 2.24) is 0 Å². The highest BCUT2D eigenvalue weighted by Crippen LogP contribution is 2.34. The van der Waals surface area contributed by atoms with Crippen LogP contribution in [0.3, 0.4) is 0 Å². The highest BCUT2D eigenvalue weighted by molar-refractivity contribution is 6.30. The summed E-state index contributed by atoms with van der Waals surface area (Å²) in [5.74, 6) is -0.672. The first-order valence-electron chi connectivity index (χ1n) is 5.45. The third-order valence-electron chi connectivity index (χ3n) is 2.73. The fraction of sp³-hybridized carbons (Fsp3) is 0.0714. The highest BCUT2D eigenvalue weighted by Gasteiger charge is 2.33. The molecule has 0 N–H and O–H groups in total. The standard InChI is InChI=1S/C14H7ClF4O/c15-10-2-3-11(13(16)6-10)8-1-4-12(14(17,18)19)9(5-8)7-20/h1-7H. The number of rotatable bonds is 2. The SMILES string of the molecule is O=Cc1cc(-c2ccc(Cl)cc2F)ccc1C(F)(F)F. The second-order valence-electron chi connectivity index (χ2n) is 4.04. The molecule has 2 rings (SSSR count). The summed E-state index contributed by atoms with van der Waals surface area (Å²) in [6.07, 6.45) is -4.53. The molecule has 0 saturated heterocycles. The average Bonchev–Trinajstić information content (AvgIpc) is 2.37. The normalized spacial score (nSPS) is 11.4. The van der Waals surface area contributed by atoms with Gasteiger partial charge in [0, 0.05) is 16.1 Å². The zero-order valence-corrected chi connectivity index (χ0v) is 10.6. The Morgan fingerprint density at radius 3 is 2.30 bits per heavy atom. The first-order chi connectivity index (χ1) is 9.32. The molecule has 0 fully saturated rings. The third kappa shape index (κ3) is 2.82. The van der Waals surface area contributed by atoms with Crippen LogP contribution in [-0.2, 0) is 6.18 Å². The molecule has 2 aromatic carbocycles. The second-order valence-corrected chi connectivity index (χ2v) is 4.48. The molecule has 0 aliphatic rings. The minimum absolute atomic E-state index is 0.0752. The molecule has 2 aromatic rings. The van der Waals surface area contributed by atoms with Gasteiger partial charge in [-0.25, -0.2) is 4.39 Å². The minimum atomic E-state index is -4.63. The summed E-state index contributed by atoms with van der Waals surface area (Å²) in [7, 11) is 0. The Hall–Kier alpha value is -1.88. The van der Waals surface area contributed by atoms with Gasteiger partial charge in [-0.05, 0) is 35.9 Å². The van der Waals surface area contributed by atoms with E-state index in [0.29, 0.717) is 0 Å². The number of halogens is 5. The van der Waals surface area contributed by atoms with E-state index in [2.05, 4.69) is 0 Å². The number of carbonyl (C=O) groups is 1. The van der Waals surface area contributed by atoms with Crippen LogP contribution in [0.5, 0.6) is 0 Å². The summed E-state index contributed by atoms with van der Waals surface area (Å²) in [4.78, 5) is 10.8.